The monoisotopic (exact) mass is 404 g/mol. The largest absolute Gasteiger partial charge is 0.357 e. The van der Waals surface area contributed by atoms with Crippen LogP contribution in [-0.4, -0.2) is 35.6 Å². The molecule has 6 heteroatoms. The molecule has 4 nitrogen and oxygen atoms in total. The Hall–Kier alpha value is -1.98. The van der Waals surface area contributed by atoms with E-state index in [-0.39, 0.29) is 11.8 Å². The number of hydrogen-bond donors (Lipinski definition) is 1. The van der Waals surface area contributed by atoms with Crippen molar-refractivity contribution in [3.63, 3.8) is 0 Å². The van der Waals surface area contributed by atoms with Crippen LogP contribution in [0.1, 0.15) is 24.5 Å². The lowest BCUT2D eigenvalue weighted by Gasteiger charge is -2.28. The van der Waals surface area contributed by atoms with Gasteiger partial charge in [0.05, 0.1) is 0 Å². The van der Waals surface area contributed by atoms with Crippen molar-refractivity contribution in [1.29, 1.82) is 0 Å². The Bertz CT molecular complexity index is 755. The van der Waals surface area contributed by atoms with Crippen molar-refractivity contribution in [2.75, 3.05) is 12.8 Å². The van der Waals surface area contributed by atoms with E-state index in [0.29, 0.717) is 23.7 Å². The maximum atomic E-state index is 12.8. The van der Waals surface area contributed by atoms with Crippen LogP contribution in [0.2, 0.25) is 5.02 Å². The summed E-state index contributed by atoms with van der Waals surface area (Å²) < 4.78 is 0. The second kappa shape index (κ2) is 11.0. The van der Waals surface area contributed by atoms with Gasteiger partial charge in [-0.25, -0.2) is 0 Å². The van der Waals surface area contributed by atoms with E-state index >= 15 is 0 Å². The summed E-state index contributed by atoms with van der Waals surface area (Å²) in [6.45, 7) is 2.06. The molecule has 2 aromatic rings. The molecule has 0 unspecified atom stereocenters. The third-order valence-electron chi connectivity index (χ3n) is 4.28. The van der Waals surface area contributed by atoms with Crippen LogP contribution in [0.25, 0.3) is 0 Å². The van der Waals surface area contributed by atoms with E-state index in [2.05, 4.69) is 17.4 Å². The van der Waals surface area contributed by atoms with Gasteiger partial charge in [0.25, 0.3) is 0 Å². The molecule has 2 aromatic carbocycles. The minimum atomic E-state index is -0.558. The van der Waals surface area contributed by atoms with Gasteiger partial charge in [-0.2, -0.15) is 11.8 Å². The zero-order valence-electron chi connectivity index (χ0n) is 15.7. The summed E-state index contributed by atoms with van der Waals surface area (Å²) >= 11 is 7.96. The standard InChI is InChI=1S/C21H25ClN2O2S/c1-16(21(26)23-2)24(14-18-10-6-7-11-19(18)22)20(25)12-13-27-15-17-8-4-3-5-9-17/h3-11,16H,12-15H2,1-2H3,(H,23,26)/t16-/m1/s1. The van der Waals surface area contributed by atoms with Crippen LogP contribution in [0, 0.1) is 0 Å². The van der Waals surface area contributed by atoms with Gasteiger partial charge in [-0.3, -0.25) is 9.59 Å². The van der Waals surface area contributed by atoms with E-state index in [4.69, 9.17) is 11.6 Å². The van der Waals surface area contributed by atoms with E-state index in [1.165, 1.54) is 5.56 Å². The average Bonchev–Trinajstić information content (AvgIpc) is 2.70. The molecule has 144 valence electrons. The molecule has 2 amide bonds. The first-order chi connectivity index (χ1) is 13.0. The molecule has 2 rings (SSSR count). The highest BCUT2D eigenvalue weighted by Gasteiger charge is 2.25. The summed E-state index contributed by atoms with van der Waals surface area (Å²) in [7, 11) is 1.58. The van der Waals surface area contributed by atoms with Crippen molar-refractivity contribution in [2.24, 2.45) is 0 Å². The summed E-state index contributed by atoms with van der Waals surface area (Å²) in [6.07, 6.45) is 0.378. The number of thioether (sulfide) groups is 1. The van der Waals surface area contributed by atoms with Crippen molar-refractivity contribution >= 4 is 35.2 Å². The van der Waals surface area contributed by atoms with E-state index in [1.807, 2.05) is 36.4 Å². The lowest BCUT2D eigenvalue weighted by atomic mass is 10.1. The van der Waals surface area contributed by atoms with E-state index in [0.717, 1.165) is 11.3 Å². The van der Waals surface area contributed by atoms with Gasteiger partial charge < -0.3 is 10.2 Å². The predicted molar refractivity (Wildman–Crippen MR) is 113 cm³/mol. The molecule has 0 saturated heterocycles. The first kappa shape index (κ1) is 21.3. The number of hydrogen-bond acceptors (Lipinski definition) is 3. The van der Waals surface area contributed by atoms with Crippen LogP contribution in [0.3, 0.4) is 0 Å². The van der Waals surface area contributed by atoms with Gasteiger partial charge in [-0.1, -0.05) is 60.1 Å². The van der Waals surface area contributed by atoms with E-state index < -0.39 is 6.04 Å². The molecular formula is C21H25ClN2O2S. The average molecular weight is 405 g/mol. The lowest BCUT2D eigenvalue weighted by molar-refractivity contribution is -0.140. The normalized spacial score (nSPS) is 11.7. The zero-order chi connectivity index (χ0) is 19.6. The van der Waals surface area contributed by atoms with Gasteiger partial charge >= 0.3 is 0 Å². The molecular weight excluding hydrogens is 380 g/mol. The molecule has 0 bridgehead atoms. The Morgan fingerprint density at radius 3 is 2.44 bits per heavy atom. The summed E-state index contributed by atoms with van der Waals surface area (Å²) in [4.78, 5) is 26.5. The van der Waals surface area contributed by atoms with Gasteiger partial charge in [0.1, 0.15) is 6.04 Å². The van der Waals surface area contributed by atoms with Crippen LogP contribution < -0.4 is 5.32 Å². The molecule has 0 spiro atoms. The molecule has 0 radical (unpaired) electrons. The number of halogens is 1. The summed E-state index contributed by atoms with van der Waals surface area (Å²) in [5.41, 5.74) is 2.07. The molecule has 0 saturated carbocycles. The minimum Gasteiger partial charge on any atom is -0.357 e. The van der Waals surface area contributed by atoms with Crippen LogP contribution in [0.4, 0.5) is 0 Å². The van der Waals surface area contributed by atoms with Gasteiger partial charge in [-0.15, -0.1) is 0 Å². The van der Waals surface area contributed by atoms with Crippen molar-refractivity contribution in [1.82, 2.24) is 10.2 Å². The first-order valence-corrected chi connectivity index (χ1v) is 10.4. The highest BCUT2D eigenvalue weighted by Crippen LogP contribution is 2.20. The number of benzene rings is 2. The topological polar surface area (TPSA) is 49.4 Å². The van der Waals surface area contributed by atoms with Gasteiger partial charge in [0, 0.05) is 36.5 Å². The molecule has 1 N–H and O–H groups in total. The molecule has 0 aliphatic rings. The quantitative estimate of drug-likeness (QED) is 0.639. The second-order valence-corrected chi connectivity index (χ2v) is 7.70. The lowest BCUT2D eigenvalue weighted by Crippen LogP contribution is -2.46. The summed E-state index contributed by atoms with van der Waals surface area (Å²) in [5, 5.41) is 3.21. The van der Waals surface area contributed by atoms with Gasteiger partial charge in [0.2, 0.25) is 11.8 Å². The van der Waals surface area contributed by atoms with Crippen molar-refractivity contribution in [3.8, 4) is 0 Å². The number of carbonyl (C=O) groups is 2. The van der Waals surface area contributed by atoms with Crippen LogP contribution in [-0.2, 0) is 21.9 Å². The SMILES string of the molecule is CNC(=O)[C@@H](C)N(Cc1ccccc1Cl)C(=O)CCSCc1ccccc1. The van der Waals surface area contributed by atoms with Crippen molar-refractivity contribution < 1.29 is 9.59 Å². The maximum Gasteiger partial charge on any atom is 0.242 e. The molecule has 0 aliphatic heterocycles. The number of carbonyl (C=O) groups excluding carboxylic acids is 2. The Kier molecular flexibility index (Phi) is 8.69. The fourth-order valence-corrected chi connectivity index (χ4v) is 3.76. The highest BCUT2D eigenvalue weighted by molar-refractivity contribution is 7.98. The molecule has 0 fully saturated rings. The number of rotatable bonds is 9. The Morgan fingerprint density at radius 1 is 1.11 bits per heavy atom. The summed E-state index contributed by atoms with van der Waals surface area (Å²) in [5.74, 6) is 1.33. The van der Waals surface area contributed by atoms with Crippen molar-refractivity contribution in [3.05, 3.63) is 70.7 Å². The number of amides is 2. The molecule has 1 atom stereocenters. The van der Waals surface area contributed by atoms with Crippen molar-refractivity contribution in [2.45, 2.75) is 31.7 Å². The molecule has 0 aliphatic carbocycles. The van der Waals surface area contributed by atoms with Gasteiger partial charge in [-0.05, 0) is 24.1 Å². The molecule has 27 heavy (non-hydrogen) atoms. The Labute approximate surface area is 170 Å². The summed E-state index contributed by atoms with van der Waals surface area (Å²) in [6, 6.07) is 17.0. The maximum absolute atomic E-state index is 12.8. The number of nitrogens with zero attached hydrogens (tertiary/aromatic N) is 1. The van der Waals surface area contributed by atoms with Crippen LogP contribution in [0.15, 0.2) is 54.6 Å². The Morgan fingerprint density at radius 2 is 1.78 bits per heavy atom. The highest BCUT2D eigenvalue weighted by atomic mass is 35.5. The molecule has 0 aromatic heterocycles. The van der Waals surface area contributed by atoms with Gasteiger partial charge in [0.15, 0.2) is 0 Å². The van der Waals surface area contributed by atoms with E-state index in [1.54, 1.807) is 36.7 Å². The van der Waals surface area contributed by atoms with Crippen LogP contribution in [0.5, 0.6) is 0 Å². The number of nitrogens with one attached hydrogen (secondary N) is 1. The Balaban J connectivity index is 1.98. The molecule has 0 heterocycles. The van der Waals surface area contributed by atoms with Crippen LogP contribution >= 0.6 is 23.4 Å². The predicted octanol–water partition coefficient (Wildman–Crippen LogP) is 4.13. The number of likely N-dealkylation sites (N-methyl/N-ethyl adjacent to an activating group) is 1. The smallest absolute Gasteiger partial charge is 0.242 e. The minimum absolute atomic E-state index is 0.0495. The first-order valence-electron chi connectivity index (χ1n) is 8.89. The zero-order valence-corrected chi connectivity index (χ0v) is 17.2. The third kappa shape index (κ3) is 6.60. The van der Waals surface area contributed by atoms with E-state index in [9.17, 15) is 9.59 Å². The second-order valence-electron chi connectivity index (χ2n) is 6.19. The fraction of sp³-hybridized carbons (Fsp3) is 0.333. The fourth-order valence-electron chi connectivity index (χ4n) is 2.67. The third-order valence-corrected chi connectivity index (χ3v) is 5.68.